The predicted molar refractivity (Wildman–Crippen MR) is 105 cm³/mol. The Balaban J connectivity index is 1.53. The molecule has 0 spiro atoms. The summed E-state index contributed by atoms with van der Waals surface area (Å²) in [5, 5.41) is 2.45. The molecule has 28 heavy (non-hydrogen) atoms. The van der Waals surface area contributed by atoms with Crippen molar-refractivity contribution in [2.24, 2.45) is 4.99 Å². The number of ether oxygens (including phenoxy) is 1. The molecule has 7 nitrogen and oxygen atoms in total. The third-order valence-electron chi connectivity index (χ3n) is 4.77. The Labute approximate surface area is 166 Å². The second kappa shape index (κ2) is 8.32. The maximum absolute atomic E-state index is 13.8. The van der Waals surface area contributed by atoms with Crippen molar-refractivity contribution >= 4 is 35.0 Å². The zero-order valence-electron chi connectivity index (χ0n) is 15.3. The molecule has 1 N–H and O–H groups in total. The normalized spacial score (nSPS) is 21.4. The number of halogens is 1. The highest BCUT2D eigenvalue weighted by Gasteiger charge is 2.28. The number of carbonyl (C=O) groups is 2. The molecule has 1 aromatic rings. The first-order valence-electron chi connectivity index (χ1n) is 9.40. The molecule has 3 aliphatic heterocycles. The van der Waals surface area contributed by atoms with Crippen molar-refractivity contribution in [2.45, 2.75) is 25.7 Å². The number of aliphatic imine (C=N–C) groups is 1. The van der Waals surface area contributed by atoms with Gasteiger partial charge in [-0.15, -0.1) is 0 Å². The second-order valence-corrected chi connectivity index (χ2v) is 7.83. The Morgan fingerprint density at radius 1 is 1.21 bits per heavy atom. The maximum atomic E-state index is 13.8. The van der Waals surface area contributed by atoms with Gasteiger partial charge >= 0.3 is 6.09 Å². The molecule has 9 heteroatoms. The number of amidine groups is 1. The molecule has 2 fully saturated rings. The summed E-state index contributed by atoms with van der Waals surface area (Å²) in [6.45, 7) is 2.94. The maximum Gasteiger partial charge on any atom is 0.415 e. The smallest absolute Gasteiger partial charge is 0.410 e. The molecule has 0 aliphatic carbocycles. The number of hydrogen-bond donors (Lipinski definition) is 1. The Kier molecular flexibility index (Phi) is 5.63. The summed E-state index contributed by atoms with van der Waals surface area (Å²) in [4.78, 5) is 30.7. The minimum Gasteiger partial charge on any atom is -0.410 e. The van der Waals surface area contributed by atoms with E-state index in [1.54, 1.807) is 4.90 Å². The summed E-state index contributed by atoms with van der Waals surface area (Å²) < 4.78 is 19.3. The third kappa shape index (κ3) is 4.20. The zero-order valence-corrected chi connectivity index (χ0v) is 16.1. The van der Waals surface area contributed by atoms with Crippen molar-refractivity contribution in [3.63, 3.8) is 0 Å². The summed E-state index contributed by atoms with van der Waals surface area (Å²) in [6, 6.07) is 3.90. The molecule has 0 bridgehead atoms. The van der Waals surface area contributed by atoms with Gasteiger partial charge in [0, 0.05) is 31.7 Å². The van der Waals surface area contributed by atoms with Crippen LogP contribution in [-0.4, -0.2) is 53.3 Å². The van der Waals surface area contributed by atoms with Gasteiger partial charge in [-0.2, -0.15) is 4.99 Å². The van der Waals surface area contributed by atoms with E-state index in [-0.39, 0.29) is 11.7 Å². The minimum absolute atomic E-state index is 0.226. The standard InChI is InChI=1S/C19H21FN4O3S/c20-14-5-6-15(27-19(26)23-8-3-4-9-23)13(11-14)12-16-17(25)22-18(28-16)24-10-2-1-7-21-24/h5-6,11-12,21H,1-4,7-10H2/b16-12-. The average molecular weight is 404 g/mol. The van der Waals surface area contributed by atoms with E-state index in [9.17, 15) is 14.0 Å². The Morgan fingerprint density at radius 2 is 2.00 bits per heavy atom. The van der Waals surface area contributed by atoms with Crippen molar-refractivity contribution in [2.75, 3.05) is 26.2 Å². The van der Waals surface area contributed by atoms with E-state index >= 15 is 0 Å². The fourth-order valence-corrected chi connectivity index (χ4v) is 4.20. The highest BCUT2D eigenvalue weighted by Crippen LogP contribution is 2.33. The first kappa shape index (κ1) is 18.9. The van der Waals surface area contributed by atoms with Crippen LogP contribution in [0.15, 0.2) is 28.1 Å². The zero-order chi connectivity index (χ0) is 19.5. The van der Waals surface area contributed by atoms with E-state index in [0.717, 1.165) is 38.8 Å². The topological polar surface area (TPSA) is 74.2 Å². The number of thioether (sulfide) groups is 1. The molecule has 0 aromatic heterocycles. The molecular formula is C19H21FN4O3S. The van der Waals surface area contributed by atoms with Crippen LogP contribution in [0.5, 0.6) is 5.75 Å². The first-order chi connectivity index (χ1) is 13.6. The minimum atomic E-state index is -0.470. The molecule has 0 saturated carbocycles. The van der Waals surface area contributed by atoms with Crippen LogP contribution >= 0.6 is 11.8 Å². The lowest BCUT2D eigenvalue weighted by Gasteiger charge is -2.28. The number of hydrogen-bond acceptors (Lipinski definition) is 6. The molecule has 1 aromatic carbocycles. The van der Waals surface area contributed by atoms with Crippen LogP contribution in [0, 0.1) is 5.82 Å². The van der Waals surface area contributed by atoms with Gasteiger partial charge in [-0.25, -0.2) is 14.6 Å². The fraction of sp³-hybridized carbons (Fsp3) is 0.421. The van der Waals surface area contributed by atoms with Crippen molar-refractivity contribution in [1.29, 1.82) is 0 Å². The van der Waals surface area contributed by atoms with Gasteiger partial charge in [0.2, 0.25) is 0 Å². The molecule has 2 saturated heterocycles. The number of rotatable bonds is 2. The lowest BCUT2D eigenvalue weighted by atomic mass is 10.2. The van der Waals surface area contributed by atoms with Gasteiger partial charge in [0.25, 0.3) is 5.91 Å². The largest absolute Gasteiger partial charge is 0.415 e. The Bertz CT molecular complexity index is 846. The number of amides is 2. The second-order valence-electron chi connectivity index (χ2n) is 6.82. The van der Waals surface area contributed by atoms with Crippen LogP contribution < -0.4 is 10.2 Å². The Morgan fingerprint density at radius 3 is 2.75 bits per heavy atom. The van der Waals surface area contributed by atoms with E-state index in [1.165, 1.54) is 36.0 Å². The third-order valence-corrected chi connectivity index (χ3v) is 5.78. The van der Waals surface area contributed by atoms with Crippen molar-refractivity contribution in [3.05, 3.63) is 34.5 Å². The quantitative estimate of drug-likeness (QED) is 0.764. The number of nitrogens with one attached hydrogen (secondary N) is 1. The van der Waals surface area contributed by atoms with Crippen LogP contribution in [0.3, 0.4) is 0 Å². The average Bonchev–Trinajstić information content (AvgIpc) is 3.35. The van der Waals surface area contributed by atoms with Gasteiger partial charge in [0.15, 0.2) is 5.17 Å². The highest BCUT2D eigenvalue weighted by atomic mass is 32.2. The van der Waals surface area contributed by atoms with E-state index in [2.05, 4.69) is 10.4 Å². The van der Waals surface area contributed by atoms with E-state index in [4.69, 9.17) is 4.74 Å². The number of benzene rings is 1. The van der Waals surface area contributed by atoms with E-state index < -0.39 is 11.9 Å². The fourth-order valence-electron chi connectivity index (χ4n) is 3.29. The predicted octanol–water partition coefficient (Wildman–Crippen LogP) is 2.99. The molecule has 0 unspecified atom stereocenters. The van der Waals surface area contributed by atoms with Crippen LogP contribution in [0.25, 0.3) is 6.08 Å². The SMILES string of the molecule is O=C1N=C(N2CCCCN2)S/C1=C\c1cc(F)ccc1OC(=O)N1CCCC1. The van der Waals surface area contributed by atoms with Crippen molar-refractivity contribution in [1.82, 2.24) is 15.3 Å². The monoisotopic (exact) mass is 404 g/mol. The number of carbonyl (C=O) groups excluding carboxylic acids is 2. The number of nitrogens with zero attached hydrogens (tertiary/aromatic N) is 3. The first-order valence-corrected chi connectivity index (χ1v) is 10.2. The van der Waals surface area contributed by atoms with E-state index in [0.29, 0.717) is 28.7 Å². The summed E-state index contributed by atoms with van der Waals surface area (Å²) in [6.07, 6.45) is 5.09. The van der Waals surface area contributed by atoms with Gasteiger partial charge < -0.3 is 9.64 Å². The van der Waals surface area contributed by atoms with Gasteiger partial charge in [-0.1, -0.05) is 0 Å². The van der Waals surface area contributed by atoms with E-state index in [1.807, 2.05) is 5.01 Å². The molecule has 3 heterocycles. The Hall–Kier alpha value is -2.39. The molecule has 3 aliphatic rings. The summed E-state index contributed by atoms with van der Waals surface area (Å²) in [7, 11) is 0. The molecule has 148 valence electrons. The van der Waals surface area contributed by atoms with Crippen LogP contribution in [0.1, 0.15) is 31.2 Å². The van der Waals surface area contributed by atoms with Gasteiger partial charge in [-0.05, 0) is 61.7 Å². The van der Waals surface area contributed by atoms with Crippen LogP contribution in [0.2, 0.25) is 0 Å². The van der Waals surface area contributed by atoms with Gasteiger partial charge in [0.1, 0.15) is 11.6 Å². The number of likely N-dealkylation sites (tertiary alicyclic amines) is 1. The highest BCUT2D eigenvalue weighted by molar-refractivity contribution is 8.18. The van der Waals surface area contributed by atoms with Crippen LogP contribution in [0.4, 0.5) is 9.18 Å². The van der Waals surface area contributed by atoms with Crippen molar-refractivity contribution in [3.8, 4) is 5.75 Å². The summed E-state index contributed by atoms with van der Waals surface area (Å²) >= 11 is 1.23. The molecule has 0 radical (unpaired) electrons. The molecule has 2 amide bonds. The summed E-state index contributed by atoms with van der Waals surface area (Å²) in [5.74, 6) is -0.626. The molecule has 0 atom stereocenters. The number of hydrazine groups is 1. The van der Waals surface area contributed by atoms with Crippen molar-refractivity contribution < 1.29 is 18.7 Å². The van der Waals surface area contributed by atoms with Crippen LogP contribution in [-0.2, 0) is 4.79 Å². The molecular weight excluding hydrogens is 383 g/mol. The van der Waals surface area contributed by atoms with Gasteiger partial charge in [0.05, 0.1) is 4.91 Å². The summed E-state index contributed by atoms with van der Waals surface area (Å²) in [5.41, 5.74) is 3.55. The van der Waals surface area contributed by atoms with Gasteiger partial charge in [-0.3, -0.25) is 9.80 Å². The lowest BCUT2D eigenvalue weighted by molar-refractivity contribution is -0.113. The molecule has 4 rings (SSSR count). The lowest BCUT2D eigenvalue weighted by Crippen LogP contribution is -2.45.